The Hall–Kier alpha value is -2.46. The van der Waals surface area contributed by atoms with Crippen molar-refractivity contribution in [3.05, 3.63) is 82.6 Å². The molecule has 0 aliphatic carbocycles. The van der Waals surface area contributed by atoms with Crippen LogP contribution in [0.1, 0.15) is 17.5 Å². The summed E-state index contributed by atoms with van der Waals surface area (Å²) in [7, 11) is 0. The second-order valence-corrected chi connectivity index (χ2v) is 7.42. The zero-order valence-corrected chi connectivity index (χ0v) is 15.9. The van der Waals surface area contributed by atoms with Crippen molar-refractivity contribution in [1.29, 1.82) is 0 Å². The molecule has 26 heavy (non-hydrogen) atoms. The largest absolute Gasteiger partial charge is 0.312 e. The van der Waals surface area contributed by atoms with Crippen LogP contribution in [0.5, 0.6) is 0 Å². The van der Waals surface area contributed by atoms with E-state index in [9.17, 15) is 4.79 Å². The van der Waals surface area contributed by atoms with Crippen LogP contribution in [0.2, 0.25) is 0 Å². The molecular formula is C22H19BrN2O. The summed E-state index contributed by atoms with van der Waals surface area (Å²) in [6, 6.07) is 18.6. The van der Waals surface area contributed by atoms with E-state index in [0.29, 0.717) is 6.42 Å². The number of carbonyl (C=O) groups excluding carboxylic acids is 1. The highest BCUT2D eigenvalue weighted by Gasteiger charge is 2.24. The summed E-state index contributed by atoms with van der Waals surface area (Å²) in [5.74, 6) is 0.198. The Bertz CT molecular complexity index is 923. The quantitative estimate of drug-likeness (QED) is 0.608. The van der Waals surface area contributed by atoms with Gasteiger partial charge in [-0.25, -0.2) is 0 Å². The van der Waals surface area contributed by atoms with Gasteiger partial charge in [-0.2, -0.15) is 0 Å². The molecule has 0 atom stereocenters. The van der Waals surface area contributed by atoms with E-state index in [2.05, 4.69) is 51.2 Å². The molecule has 3 nitrogen and oxygen atoms in total. The van der Waals surface area contributed by atoms with Crippen LogP contribution in [0.25, 0.3) is 11.1 Å². The number of nitrogens with zero attached hydrogens (tertiary/aromatic N) is 2. The maximum Gasteiger partial charge on any atom is 0.227 e. The van der Waals surface area contributed by atoms with Crippen LogP contribution in [0.4, 0.5) is 5.69 Å². The third kappa shape index (κ3) is 3.56. The molecule has 0 N–H and O–H groups in total. The molecule has 4 heteroatoms. The number of fused-ring (bicyclic) bond motifs is 1. The van der Waals surface area contributed by atoms with E-state index in [1.165, 1.54) is 16.7 Å². The van der Waals surface area contributed by atoms with Crippen LogP contribution in [0.3, 0.4) is 0 Å². The fraction of sp³-hybridized carbons (Fsp3) is 0.182. The summed E-state index contributed by atoms with van der Waals surface area (Å²) >= 11 is 3.44. The van der Waals surface area contributed by atoms with Gasteiger partial charge in [0.25, 0.3) is 0 Å². The van der Waals surface area contributed by atoms with Crippen LogP contribution in [-0.4, -0.2) is 17.4 Å². The van der Waals surface area contributed by atoms with Crippen molar-refractivity contribution in [1.82, 2.24) is 4.98 Å². The lowest BCUT2D eigenvalue weighted by Crippen LogP contribution is -2.29. The molecule has 3 aromatic rings. The lowest BCUT2D eigenvalue weighted by Gasteiger charge is -2.17. The Morgan fingerprint density at radius 1 is 1.00 bits per heavy atom. The number of benzene rings is 2. The molecule has 0 saturated carbocycles. The Morgan fingerprint density at radius 2 is 1.77 bits per heavy atom. The second-order valence-electron chi connectivity index (χ2n) is 6.50. The van der Waals surface area contributed by atoms with Crippen molar-refractivity contribution in [2.45, 2.75) is 19.3 Å². The van der Waals surface area contributed by atoms with Crippen molar-refractivity contribution in [2.75, 3.05) is 11.4 Å². The number of aryl methyl sites for hydroxylation is 1. The summed E-state index contributed by atoms with van der Waals surface area (Å²) in [6.07, 6.45) is 5.83. The fourth-order valence-electron chi connectivity index (χ4n) is 3.42. The number of aromatic nitrogens is 1. The summed E-state index contributed by atoms with van der Waals surface area (Å²) in [5, 5.41) is 0. The number of carbonyl (C=O) groups is 1. The first-order valence-electron chi connectivity index (χ1n) is 8.79. The van der Waals surface area contributed by atoms with E-state index in [0.717, 1.165) is 35.1 Å². The van der Waals surface area contributed by atoms with Gasteiger partial charge in [0.15, 0.2) is 0 Å². The first-order chi connectivity index (χ1) is 12.7. The van der Waals surface area contributed by atoms with E-state index in [1.807, 2.05) is 29.2 Å². The molecule has 1 aliphatic rings. The van der Waals surface area contributed by atoms with Crippen molar-refractivity contribution in [3.8, 4) is 11.1 Å². The molecule has 2 aromatic carbocycles. The van der Waals surface area contributed by atoms with Gasteiger partial charge in [0.2, 0.25) is 5.91 Å². The third-order valence-corrected chi connectivity index (χ3v) is 5.36. The molecule has 1 aliphatic heterocycles. The second kappa shape index (κ2) is 7.42. The van der Waals surface area contributed by atoms with E-state index in [1.54, 1.807) is 12.4 Å². The number of hydrogen-bond donors (Lipinski definition) is 0. The van der Waals surface area contributed by atoms with Gasteiger partial charge in [-0.05, 0) is 71.5 Å². The lowest BCUT2D eigenvalue weighted by molar-refractivity contribution is -0.118. The molecule has 4 rings (SSSR count). The Morgan fingerprint density at radius 3 is 2.54 bits per heavy atom. The van der Waals surface area contributed by atoms with Crippen LogP contribution in [0, 0.1) is 0 Å². The van der Waals surface area contributed by atoms with Crippen LogP contribution >= 0.6 is 15.9 Å². The molecule has 0 radical (unpaired) electrons. The standard InChI is InChI=1S/C22H19BrN2O/c23-20-5-1-16(2-6-20)3-8-22(26)25-14-11-19-15-18(4-7-21(19)25)17-9-12-24-13-10-17/h1-2,4-7,9-10,12-13,15H,3,8,11,14H2. The molecule has 0 saturated heterocycles. The first-order valence-corrected chi connectivity index (χ1v) is 9.58. The van der Waals surface area contributed by atoms with Crippen LogP contribution < -0.4 is 4.90 Å². The summed E-state index contributed by atoms with van der Waals surface area (Å²) < 4.78 is 1.06. The van der Waals surface area contributed by atoms with Gasteiger partial charge in [-0.15, -0.1) is 0 Å². The topological polar surface area (TPSA) is 33.2 Å². The van der Waals surface area contributed by atoms with E-state index in [-0.39, 0.29) is 5.91 Å². The number of anilines is 1. The van der Waals surface area contributed by atoms with Crippen molar-refractivity contribution < 1.29 is 4.79 Å². The average Bonchev–Trinajstić information content (AvgIpc) is 3.11. The molecule has 0 bridgehead atoms. The molecule has 0 fully saturated rings. The van der Waals surface area contributed by atoms with Gasteiger partial charge in [0.05, 0.1) is 0 Å². The SMILES string of the molecule is O=C(CCc1ccc(Br)cc1)N1CCc2cc(-c3ccncc3)ccc21. The molecule has 0 spiro atoms. The number of rotatable bonds is 4. The minimum Gasteiger partial charge on any atom is -0.312 e. The highest BCUT2D eigenvalue weighted by molar-refractivity contribution is 9.10. The van der Waals surface area contributed by atoms with Gasteiger partial charge in [-0.3, -0.25) is 9.78 Å². The summed E-state index contributed by atoms with van der Waals surface area (Å²) in [5.41, 5.74) is 5.83. The summed E-state index contributed by atoms with van der Waals surface area (Å²) in [6.45, 7) is 0.772. The predicted octanol–water partition coefficient (Wildman–Crippen LogP) is 5.03. The molecule has 1 aromatic heterocycles. The van der Waals surface area contributed by atoms with Gasteiger partial charge in [0.1, 0.15) is 0 Å². The first kappa shape index (κ1) is 17.0. The normalized spacial score (nSPS) is 12.9. The zero-order chi connectivity index (χ0) is 17.9. The van der Waals surface area contributed by atoms with Gasteiger partial charge in [0, 0.05) is 35.5 Å². The van der Waals surface area contributed by atoms with E-state index >= 15 is 0 Å². The number of hydrogen-bond acceptors (Lipinski definition) is 2. The van der Waals surface area contributed by atoms with Gasteiger partial charge in [-0.1, -0.05) is 34.1 Å². The lowest BCUT2D eigenvalue weighted by atomic mass is 10.0. The minimum atomic E-state index is 0.198. The molecule has 130 valence electrons. The van der Waals surface area contributed by atoms with Crippen molar-refractivity contribution in [3.63, 3.8) is 0 Å². The Labute approximate surface area is 161 Å². The van der Waals surface area contributed by atoms with E-state index in [4.69, 9.17) is 0 Å². The Kier molecular flexibility index (Phi) is 4.85. The van der Waals surface area contributed by atoms with Gasteiger partial charge < -0.3 is 4.90 Å². The molecule has 1 amide bonds. The average molecular weight is 407 g/mol. The number of pyridine rings is 1. The Balaban J connectivity index is 1.47. The van der Waals surface area contributed by atoms with Gasteiger partial charge >= 0.3 is 0 Å². The maximum atomic E-state index is 12.7. The smallest absolute Gasteiger partial charge is 0.227 e. The van der Waals surface area contributed by atoms with Crippen molar-refractivity contribution in [2.24, 2.45) is 0 Å². The highest BCUT2D eigenvalue weighted by Crippen LogP contribution is 2.32. The molecule has 2 heterocycles. The van der Waals surface area contributed by atoms with E-state index < -0.39 is 0 Å². The predicted molar refractivity (Wildman–Crippen MR) is 108 cm³/mol. The summed E-state index contributed by atoms with van der Waals surface area (Å²) in [4.78, 5) is 18.7. The fourth-order valence-corrected chi connectivity index (χ4v) is 3.69. The zero-order valence-electron chi connectivity index (χ0n) is 14.4. The maximum absolute atomic E-state index is 12.7. The monoisotopic (exact) mass is 406 g/mol. The molecule has 0 unspecified atom stereocenters. The minimum absolute atomic E-state index is 0.198. The van der Waals surface area contributed by atoms with Crippen LogP contribution in [0.15, 0.2) is 71.5 Å². The number of halogens is 1. The highest BCUT2D eigenvalue weighted by atomic mass is 79.9. The number of amides is 1. The molecular weight excluding hydrogens is 388 g/mol. The van der Waals surface area contributed by atoms with Crippen LogP contribution in [-0.2, 0) is 17.6 Å². The third-order valence-electron chi connectivity index (χ3n) is 4.83. The van der Waals surface area contributed by atoms with Crippen molar-refractivity contribution >= 4 is 27.5 Å².